The number of fused-ring (bicyclic) bond motifs is 1. The predicted molar refractivity (Wildman–Crippen MR) is 93.3 cm³/mol. The average Bonchev–Trinajstić information content (AvgIpc) is 2.53. The van der Waals surface area contributed by atoms with Crippen molar-refractivity contribution in [3.8, 4) is 5.75 Å². The smallest absolute Gasteiger partial charge is 0.138 e. The molecule has 114 valence electrons. The van der Waals surface area contributed by atoms with E-state index in [2.05, 4.69) is 43.6 Å². The van der Waals surface area contributed by atoms with Crippen molar-refractivity contribution in [1.82, 2.24) is 4.98 Å². The van der Waals surface area contributed by atoms with Crippen LogP contribution in [0, 0.1) is 5.41 Å². The van der Waals surface area contributed by atoms with Crippen LogP contribution < -0.4 is 4.74 Å². The van der Waals surface area contributed by atoms with Gasteiger partial charge in [0.25, 0.3) is 0 Å². The second-order valence-corrected chi connectivity index (χ2v) is 6.13. The van der Waals surface area contributed by atoms with Crippen molar-refractivity contribution in [2.45, 2.75) is 39.5 Å². The maximum absolute atomic E-state index is 6.06. The Balaban J connectivity index is 2.11. The number of aromatic nitrogens is 1. The van der Waals surface area contributed by atoms with E-state index in [4.69, 9.17) is 4.74 Å². The van der Waals surface area contributed by atoms with Crippen LogP contribution in [0.3, 0.4) is 0 Å². The van der Waals surface area contributed by atoms with Gasteiger partial charge >= 0.3 is 0 Å². The molecule has 0 saturated carbocycles. The van der Waals surface area contributed by atoms with Gasteiger partial charge in [0, 0.05) is 10.8 Å². The molecule has 2 aromatic rings. The summed E-state index contributed by atoms with van der Waals surface area (Å²) in [5.74, 6) is 1.72. The summed E-state index contributed by atoms with van der Waals surface area (Å²) in [7, 11) is 0. The Bertz CT molecular complexity index is 564. The van der Waals surface area contributed by atoms with Crippen LogP contribution in [0.15, 0.2) is 36.5 Å². The molecule has 1 heterocycles. The summed E-state index contributed by atoms with van der Waals surface area (Å²) < 4.78 is 6.06. The Kier molecular flexibility index (Phi) is 5.92. The highest BCUT2D eigenvalue weighted by Gasteiger charge is 2.27. The standard InChI is InChI=1S/C18H25NOS/c1-3-9-18(14-21,10-4-2)13-20-16-11-15-7-5-6-8-17(15)19-12-16/h5-8,11-12,21H,3-4,9-10,13-14H2,1-2H3. The van der Waals surface area contributed by atoms with Gasteiger partial charge in [0.1, 0.15) is 5.75 Å². The minimum absolute atomic E-state index is 0.179. The van der Waals surface area contributed by atoms with E-state index in [1.807, 2.05) is 24.4 Å². The number of para-hydroxylation sites is 1. The van der Waals surface area contributed by atoms with Crippen molar-refractivity contribution >= 4 is 23.5 Å². The Morgan fingerprint density at radius 3 is 2.52 bits per heavy atom. The molecule has 3 heteroatoms. The van der Waals surface area contributed by atoms with E-state index in [9.17, 15) is 0 Å². The molecule has 0 unspecified atom stereocenters. The summed E-state index contributed by atoms with van der Waals surface area (Å²) in [6.07, 6.45) is 6.47. The molecule has 0 spiro atoms. The molecule has 0 atom stereocenters. The lowest BCUT2D eigenvalue weighted by Gasteiger charge is -2.31. The van der Waals surface area contributed by atoms with E-state index < -0.39 is 0 Å². The van der Waals surface area contributed by atoms with E-state index in [0.717, 1.165) is 41.9 Å². The Hall–Kier alpha value is -1.22. The summed E-state index contributed by atoms with van der Waals surface area (Å²) in [6.45, 7) is 5.18. The Morgan fingerprint density at radius 1 is 1.14 bits per heavy atom. The lowest BCUT2D eigenvalue weighted by atomic mass is 9.82. The fourth-order valence-corrected chi connectivity index (χ4v) is 3.31. The molecule has 21 heavy (non-hydrogen) atoms. The Morgan fingerprint density at radius 2 is 1.86 bits per heavy atom. The first-order valence-electron chi connectivity index (χ1n) is 7.81. The van der Waals surface area contributed by atoms with Gasteiger partial charge in [-0.05, 0) is 30.7 Å². The lowest BCUT2D eigenvalue weighted by molar-refractivity contribution is 0.143. The fourth-order valence-electron chi connectivity index (χ4n) is 2.90. The van der Waals surface area contributed by atoms with Gasteiger partial charge in [-0.15, -0.1) is 0 Å². The molecule has 0 fully saturated rings. The molecule has 2 rings (SSSR count). The van der Waals surface area contributed by atoms with E-state index >= 15 is 0 Å². The molecular weight excluding hydrogens is 278 g/mol. The molecule has 0 radical (unpaired) electrons. The van der Waals surface area contributed by atoms with Crippen LogP contribution in [0.4, 0.5) is 0 Å². The number of thiol groups is 1. The number of ether oxygens (including phenoxy) is 1. The van der Waals surface area contributed by atoms with Gasteiger partial charge < -0.3 is 4.74 Å². The second kappa shape index (κ2) is 7.69. The number of rotatable bonds is 8. The molecule has 0 saturated heterocycles. The molecule has 0 amide bonds. The van der Waals surface area contributed by atoms with Crippen LogP contribution in [0.5, 0.6) is 5.75 Å². The van der Waals surface area contributed by atoms with Gasteiger partial charge in [-0.2, -0.15) is 12.6 Å². The SMILES string of the molecule is CCCC(CS)(CCC)COc1cnc2ccccc2c1. The van der Waals surface area contributed by atoms with Crippen LogP contribution in [0.2, 0.25) is 0 Å². The van der Waals surface area contributed by atoms with Gasteiger partial charge in [-0.1, -0.05) is 44.9 Å². The van der Waals surface area contributed by atoms with Gasteiger partial charge in [0.2, 0.25) is 0 Å². The van der Waals surface area contributed by atoms with Crippen LogP contribution in [-0.4, -0.2) is 17.3 Å². The molecule has 1 aromatic heterocycles. The van der Waals surface area contributed by atoms with E-state index in [1.54, 1.807) is 0 Å². The zero-order valence-electron chi connectivity index (χ0n) is 13.0. The molecule has 0 bridgehead atoms. The number of nitrogens with zero attached hydrogens (tertiary/aromatic N) is 1. The highest BCUT2D eigenvalue weighted by Crippen LogP contribution is 2.32. The minimum Gasteiger partial charge on any atom is -0.491 e. The summed E-state index contributed by atoms with van der Waals surface area (Å²) in [4.78, 5) is 4.46. The van der Waals surface area contributed by atoms with Crippen LogP contribution >= 0.6 is 12.6 Å². The van der Waals surface area contributed by atoms with Crippen molar-refractivity contribution in [2.24, 2.45) is 5.41 Å². The highest BCUT2D eigenvalue weighted by atomic mass is 32.1. The molecular formula is C18H25NOS. The van der Waals surface area contributed by atoms with Gasteiger partial charge in [0.15, 0.2) is 0 Å². The van der Waals surface area contributed by atoms with E-state index in [0.29, 0.717) is 0 Å². The summed E-state index contributed by atoms with van der Waals surface area (Å²) >= 11 is 4.58. The third-order valence-electron chi connectivity index (χ3n) is 4.01. The van der Waals surface area contributed by atoms with Crippen molar-refractivity contribution in [1.29, 1.82) is 0 Å². The third kappa shape index (κ3) is 4.13. The normalized spacial score (nSPS) is 11.8. The van der Waals surface area contributed by atoms with Crippen molar-refractivity contribution in [3.05, 3.63) is 36.5 Å². The number of pyridine rings is 1. The quantitative estimate of drug-likeness (QED) is 0.683. The second-order valence-electron chi connectivity index (χ2n) is 5.81. The molecule has 0 aliphatic carbocycles. The van der Waals surface area contributed by atoms with Crippen molar-refractivity contribution in [3.63, 3.8) is 0 Å². The first-order chi connectivity index (χ1) is 10.2. The zero-order chi connectivity index (χ0) is 15.1. The highest BCUT2D eigenvalue weighted by molar-refractivity contribution is 7.80. The molecule has 0 aliphatic rings. The van der Waals surface area contributed by atoms with E-state index in [1.165, 1.54) is 12.8 Å². The Labute approximate surface area is 133 Å². The fraction of sp³-hybridized carbons (Fsp3) is 0.500. The van der Waals surface area contributed by atoms with Crippen molar-refractivity contribution < 1.29 is 4.74 Å². The minimum atomic E-state index is 0.179. The lowest BCUT2D eigenvalue weighted by Crippen LogP contribution is -2.30. The summed E-state index contributed by atoms with van der Waals surface area (Å²) in [5.41, 5.74) is 1.19. The summed E-state index contributed by atoms with van der Waals surface area (Å²) in [6, 6.07) is 10.2. The average molecular weight is 303 g/mol. The molecule has 1 aromatic carbocycles. The van der Waals surface area contributed by atoms with Crippen LogP contribution in [0.1, 0.15) is 39.5 Å². The monoisotopic (exact) mass is 303 g/mol. The van der Waals surface area contributed by atoms with E-state index in [-0.39, 0.29) is 5.41 Å². The predicted octanol–water partition coefficient (Wildman–Crippen LogP) is 5.13. The molecule has 2 nitrogen and oxygen atoms in total. The number of hydrogen-bond donors (Lipinski definition) is 1. The maximum Gasteiger partial charge on any atom is 0.138 e. The first-order valence-corrected chi connectivity index (χ1v) is 8.45. The zero-order valence-corrected chi connectivity index (χ0v) is 13.9. The first kappa shape index (κ1) is 16.2. The van der Waals surface area contributed by atoms with Gasteiger partial charge in [-0.25, -0.2) is 0 Å². The summed E-state index contributed by atoms with van der Waals surface area (Å²) in [5, 5.41) is 1.12. The number of hydrogen-bond acceptors (Lipinski definition) is 3. The van der Waals surface area contributed by atoms with Gasteiger partial charge in [-0.3, -0.25) is 4.98 Å². The molecule has 0 N–H and O–H groups in total. The van der Waals surface area contributed by atoms with Crippen LogP contribution in [0.25, 0.3) is 10.9 Å². The van der Waals surface area contributed by atoms with Crippen LogP contribution in [-0.2, 0) is 0 Å². The maximum atomic E-state index is 6.06. The number of benzene rings is 1. The molecule has 0 aliphatic heterocycles. The van der Waals surface area contributed by atoms with Crippen molar-refractivity contribution in [2.75, 3.05) is 12.4 Å². The largest absolute Gasteiger partial charge is 0.491 e. The topological polar surface area (TPSA) is 22.1 Å². The van der Waals surface area contributed by atoms with Gasteiger partial charge in [0.05, 0.1) is 18.3 Å². The third-order valence-corrected chi connectivity index (χ3v) is 4.68.